The van der Waals surface area contributed by atoms with E-state index in [-0.39, 0.29) is 30.6 Å². The number of benzene rings is 1. The van der Waals surface area contributed by atoms with E-state index in [2.05, 4.69) is 15.1 Å². The van der Waals surface area contributed by atoms with Crippen molar-refractivity contribution >= 4 is 5.52 Å². The number of likely N-dealkylation sites (tertiary alicyclic amines) is 1. The zero-order valence-corrected chi connectivity index (χ0v) is 22.7. The van der Waals surface area contributed by atoms with Crippen molar-refractivity contribution in [3.63, 3.8) is 0 Å². The number of fused-ring (bicyclic) bond motifs is 1. The predicted octanol–water partition coefficient (Wildman–Crippen LogP) is 4.76. The van der Waals surface area contributed by atoms with Crippen molar-refractivity contribution in [1.82, 2.24) is 28.6 Å². The van der Waals surface area contributed by atoms with E-state index in [1.54, 1.807) is 31.3 Å². The van der Waals surface area contributed by atoms with Crippen molar-refractivity contribution in [2.45, 2.75) is 50.0 Å². The zero-order chi connectivity index (χ0) is 28.7. The fourth-order valence-electron chi connectivity index (χ4n) is 6.46. The van der Waals surface area contributed by atoms with E-state index < -0.39 is 29.0 Å². The predicted molar refractivity (Wildman–Crippen MR) is 142 cm³/mol. The number of nitrogens with zero attached hydrogens (tertiary/aromatic N) is 6. The molecule has 1 spiro atoms. The van der Waals surface area contributed by atoms with Gasteiger partial charge in [-0.2, -0.15) is 13.2 Å². The summed E-state index contributed by atoms with van der Waals surface area (Å²) in [7, 11) is 1.65. The quantitative estimate of drug-likeness (QED) is 0.313. The maximum atomic E-state index is 15.9. The SMILES string of the molecule is C[C@H](c1cc(C(F)(F)F)c2cn(-c3cccc(C4([C@@H](F)c5nncn5C)COC4)c3)c(=O)n2c1)N1CCC2(CC2)C1. The number of ether oxygens (including phenoxy) is 1. The van der Waals surface area contributed by atoms with Gasteiger partial charge in [0.2, 0.25) is 0 Å². The van der Waals surface area contributed by atoms with Gasteiger partial charge in [-0.3, -0.25) is 13.9 Å². The maximum Gasteiger partial charge on any atom is 0.418 e. The van der Waals surface area contributed by atoms with E-state index in [1.807, 2.05) is 6.92 Å². The average molecular weight is 571 g/mol. The van der Waals surface area contributed by atoms with E-state index in [4.69, 9.17) is 4.74 Å². The molecule has 4 aromatic rings. The van der Waals surface area contributed by atoms with Gasteiger partial charge < -0.3 is 9.30 Å². The van der Waals surface area contributed by atoms with Crippen LogP contribution >= 0.6 is 0 Å². The van der Waals surface area contributed by atoms with Crippen LogP contribution in [0.3, 0.4) is 0 Å². The Hall–Kier alpha value is -3.51. The molecule has 0 amide bonds. The van der Waals surface area contributed by atoms with Crippen molar-refractivity contribution in [3.05, 3.63) is 82.1 Å². The average Bonchev–Trinajstić information content (AvgIpc) is 3.19. The molecule has 41 heavy (non-hydrogen) atoms. The van der Waals surface area contributed by atoms with E-state index >= 15 is 4.39 Å². The summed E-state index contributed by atoms with van der Waals surface area (Å²) in [6.45, 7) is 3.78. The van der Waals surface area contributed by atoms with Crippen LogP contribution in [-0.2, 0) is 23.4 Å². The highest BCUT2D eigenvalue weighted by Gasteiger charge is 2.51. The van der Waals surface area contributed by atoms with Crippen LogP contribution < -0.4 is 5.69 Å². The van der Waals surface area contributed by atoms with Crippen LogP contribution in [0.4, 0.5) is 17.6 Å². The lowest BCUT2D eigenvalue weighted by Crippen LogP contribution is -2.50. The molecule has 0 radical (unpaired) electrons. The number of halogens is 4. The third kappa shape index (κ3) is 4.13. The number of hydrogen-bond acceptors (Lipinski definition) is 5. The Kier molecular flexibility index (Phi) is 5.79. The van der Waals surface area contributed by atoms with Gasteiger partial charge in [-0.25, -0.2) is 9.18 Å². The van der Waals surface area contributed by atoms with E-state index in [9.17, 15) is 18.0 Å². The van der Waals surface area contributed by atoms with E-state index in [0.29, 0.717) is 22.2 Å². The molecule has 0 unspecified atom stereocenters. The highest BCUT2D eigenvalue weighted by atomic mass is 19.4. The molecule has 2 atom stereocenters. The maximum absolute atomic E-state index is 15.9. The number of aryl methyl sites for hydroxylation is 1. The Morgan fingerprint density at radius 2 is 1.88 bits per heavy atom. The molecule has 7 rings (SSSR count). The molecule has 5 heterocycles. The number of imidazole rings is 1. The minimum Gasteiger partial charge on any atom is -0.379 e. The second-order valence-electron chi connectivity index (χ2n) is 12.0. The van der Waals surface area contributed by atoms with Crippen LogP contribution in [0.15, 0.2) is 53.8 Å². The van der Waals surface area contributed by atoms with Crippen LogP contribution in [0, 0.1) is 5.41 Å². The third-order valence-corrected chi connectivity index (χ3v) is 9.43. The molecule has 3 aliphatic rings. The number of aromatic nitrogens is 5. The number of pyridine rings is 1. The van der Waals surface area contributed by atoms with E-state index in [1.165, 1.54) is 46.8 Å². The monoisotopic (exact) mass is 570 g/mol. The fraction of sp³-hybridized carbons (Fsp3) is 0.483. The minimum absolute atomic E-state index is 0.0916. The summed E-state index contributed by atoms with van der Waals surface area (Å²) in [4.78, 5) is 15.9. The summed E-state index contributed by atoms with van der Waals surface area (Å²) in [6.07, 6.45) is 1.36. The lowest BCUT2D eigenvalue weighted by atomic mass is 9.74. The van der Waals surface area contributed by atoms with Gasteiger partial charge in [0.15, 0.2) is 12.0 Å². The van der Waals surface area contributed by atoms with Crippen LogP contribution in [0.25, 0.3) is 11.2 Å². The molecular formula is C29H30F4N6O2. The van der Waals surface area contributed by atoms with Crippen LogP contribution in [0.1, 0.15) is 60.9 Å². The molecule has 1 aromatic carbocycles. The van der Waals surface area contributed by atoms with Crippen molar-refractivity contribution < 1.29 is 22.3 Å². The van der Waals surface area contributed by atoms with Crippen molar-refractivity contribution in [1.29, 1.82) is 0 Å². The highest BCUT2D eigenvalue weighted by molar-refractivity contribution is 5.58. The van der Waals surface area contributed by atoms with Gasteiger partial charge in [0.25, 0.3) is 0 Å². The zero-order valence-electron chi connectivity index (χ0n) is 22.7. The number of hydrogen-bond donors (Lipinski definition) is 0. The van der Waals surface area contributed by atoms with Gasteiger partial charge >= 0.3 is 11.9 Å². The van der Waals surface area contributed by atoms with Gasteiger partial charge in [0.1, 0.15) is 6.33 Å². The summed E-state index contributed by atoms with van der Waals surface area (Å²) < 4.78 is 68.1. The standard InChI is InChI=1S/C29H30F4N6O2/c1-18(37-9-8-27(14-37)6-7-27)19-10-22(29(31,32)33)23-13-38(26(40)39(23)12-19)21-5-3-4-20(11-21)28(15-41-16-28)24(30)25-35-34-17-36(25)2/h3-5,10-13,17-18,24H,6-9,14-16H2,1-2H3/t18-,24+/m1/s1. The topological polar surface area (TPSA) is 69.6 Å². The summed E-state index contributed by atoms with van der Waals surface area (Å²) in [5, 5.41) is 7.70. The molecule has 2 aliphatic heterocycles. The van der Waals surface area contributed by atoms with Gasteiger partial charge in [0, 0.05) is 32.0 Å². The number of rotatable bonds is 6. The summed E-state index contributed by atoms with van der Waals surface area (Å²) in [5.74, 6) is 0.146. The fourth-order valence-corrected chi connectivity index (χ4v) is 6.46. The lowest BCUT2D eigenvalue weighted by molar-refractivity contribution is -0.136. The summed E-state index contributed by atoms with van der Waals surface area (Å²) in [5.41, 5.74) is -1.10. The Labute approximate surface area is 233 Å². The highest BCUT2D eigenvalue weighted by Crippen LogP contribution is 2.54. The van der Waals surface area contributed by atoms with Crippen molar-refractivity contribution in [3.8, 4) is 5.69 Å². The Balaban J connectivity index is 1.30. The minimum atomic E-state index is -4.66. The third-order valence-electron chi connectivity index (χ3n) is 9.43. The second kappa shape index (κ2) is 8.99. The first-order chi connectivity index (χ1) is 19.5. The van der Waals surface area contributed by atoms with Crippen LogP contribution in [-0.4, -0.2) is 54.9 Å². The Morgan fingerprint density at radius 3 is 2.49 bits per heavy atom. The van der Waals surface area contributed by atoms with Gasteiger partial charge in [-0.15, -0.1) is 10.2 Å². The van der Waals surface area contributed by atoms with Gasteiger partial charge in [0.05, 0.1) is 35.4 Å². The number of alkyl halides is 4. The Bertz CT molecular complexity index is 1700. The molecule has 12 heteroatoms. The molecule has 3 aromatic heterocycles. The largest absolute Gasteiger partial charge is 0.418 e. The normalized spacial score (nSPS) is 21.3. The van der Waals surface area contributed by atoms with Crippen LogP contribution in [0.2, 0.25) is 0 Å². The molecular weight excluding hydrogens is 540 g/mol. The molecule has 2 saturated heterocycles. The summed E-state index contributed by atoms with van der Waals surface area (Å²) >= 11 is 0. The first-order valence-electron chi connectivity index (χ1n) is 13.8. The molecule has 8 nitrogen and oxygen atoms in total. The van der Waals surface area contributed by atoms with E-state index in [0.717, 1.165) is 23.9 Å². The smallest absolute Gasteiger partial charge is 0.379 e. The Morgan fingerprint density at radius 1 is 1.10 bits per heavy atom. The molecule has 0 bridgehead atoms. The molecule has 1 aliphatic carbocycles. The first-order valence-corrected chi connectivity index (χ1v) is 13.8. The molecule has 1 saturated carbocycles. The molecule has 3 fully saturated rings. The van der Waals surface area contributed by atoms with Gasteiger partial charge in [-0.05, 0) is 67.5 Å². The summed E-state index contributed by atoms with van der Waals surface area (Å²) in [6, 6.07) is 7.58. The molecule has 0 N–H and O–H groups in total. The lowest BCUT2D eigenvalue weighted by Gasteiger charge is -2.43. The first kappa shape index (κ1) is 26.4. The van der Waals surface area contributed by atoms with Crippen molar-refractivity contribution in [2.75, 3.05) is 26.3 Å². The van der Waals surface area contributed by atoms with Gasteiger partial charge in [-0.1, -0.05) is 12.1 Å². The second-order valence-corrected chi connectivity index (χ2v) is 12.0. The van der Waals surface area contributed by atoms with Crippen LogP contribution in [0.5, 0.6) is 0 Å². The van der Waals surface area contributed by atoms with Crippen molar-refractivity contribution in [2.24, 2.45) is 12.5 Å². The molecule has 216 valence electrons.